The van der Waals surface area contributed by atoms with E-state index >= 15 is 0 Å². The molecule has 1 amide bonds. The quantitative estimate of drug-likeness (QED) is 0.872. The molecule has 0 aliphatic carbocycles. The number of nitrogens with one attached hydrogen (secondary N) is 1. The van der Waals surface area contributed by atoms with E-state index in [1.54, 1.807) is 24.3 Å². The Hall–Kier alpha value is -1.10. The highest BCUT2D eigenvalue weighted by molar-refractivity contribution is 6.30. The molecule has 5 heteroatoms. The minimum Gasteiger partial charge on any atom is -0.367 e. The molecule has 2 atom stereocenters. The van der Waals surface area contributed by atoms with Gasteiger partial charge in [0.25, 0.3) is 5.91 Å². The zero-order valence-corrected chi connectivity index (χ0v) is 10.8. The van der Waals surface area contributed by atoms with E-state index in [2.05, 4.69) is 5.32 Å². The van der Waals surface area contributed by atoms with E-state index in [1.165, 1.54) is 0 Å². The van der Waals surface area contributed by atoms with Crippen LogP contribution >= 0.6 is 11.6 Å². The summed E-state index contributed by atoms with van der Waals surface area (Å²) in [6, 6.07) is 7.06. The summed E-state index contributed by atoms with van der Waals surface area (Å²) >= 11 is 5.92. The van der Waals surface area contributed by atoms with E-state index in [0.29, 0.717) is 10.6 Å². The normalized spacial score (nSPS) is 21.5. The van der Waals surface area contributed by atoms with Crippen molar-refractivity contribution < 1.29 is 9.53 Å². The fourth-order valence-electron chi connectivity index (χ4n) is 2.11. The van der Waals surface area contributed by atoms with Crippen molar-refractivity contribution in [2.75, 3.05) is 13.1 Å². The largest absolute Gasteiger partial charge is 0.367 e. The molecule has 0 radical (unpaired) electrons. The average molecular weight is 269 g/mol. The number of rotatable bonds is 4. The molecular weight excluding hydrogens is 252 g/mol. The number of halogens is 1. The Labute approximate surface area is 111 Å². The molecule has 1 heterocycles. The molecule has 18 heavy (non-hydrogen) atoms. The van der Waals surface area contributed by atoms with Crippen LogP contribution in [0.1, 0.15) is 24.5 Å². The van der Waals surface area contributed by atoms with Gasteiger partial charge in [0.05, 0.1) is 6.10 Å². The van der Waals surface area contributed by atoms with E-state index in [9.17, 15) is 4.79 Å². The molecule has 1 fully saturated rings. The summed E-state index contributed by atoms with van der Waals surface area (Å²) in [6.45, 7) is 1.75. The third kappa shape index (κ3) is 3.45. The molecule has 0 saturated carbocycles. The second-order valence-corrected chi connectivity index (χ2v) is 4.88. The molecule has 1 aliphatic heterocycles. The van der Waals surface area contributed by atoms with Crippen molar-refractivity contribution in [3.8, 4) is 0 Å². The number of carbonyl (C=O) groups excluding carboxylic acids is 1. The Kier molecular flexibility index (Phi) is 4.58. The molecule has 0 bridgehead atoms. The Morgan fingerprint density at radius 1 is 1.56 bits per heavy atom. The number of carbonyl (C=O) groups is 1. The zero-order valence-electron chi connectivity index (χ0n) is 10.1. The predicted octanol–water partition coefficient (Wildman–Crippen LogP) is 1.64. The second kappa shape index (κ2) is 6.18. The van der Waals surface area contributed by atoms with Crippen LogP contribution in [0.2, 0.25) is 5.02 Å². The van der Waals surface area contributed by atoms with Gasteiger partial charge in [0.1, 0.15) is 0 Å². The lowest BCUT2D eigenvalue weighted by molar-refractivity contribution is -0.134. The van der Waals surface area contributed by atoms with Crippen LogP contribution < -0.4 is 11.1 Å². The number of nitrogens with two attached hydrogens (primary N) is 1. The summed E-state index contributed by atoms with van der Waals surface area (Å²) in [6.07, 6.45) is 1.28. The Balaban J connectivity index is 2.10. The predicted molar refractivity (Wildman–Crippen MR) is 70.4 cm³/mol. The van der Waals surface area contributed by atoms with Gasteiger partial charge in [0.2, 0.25) is 0 Å². The molecular formula is C13H17ClN2O2. The monoisotopic (exact) mass is 268 g/mol. The Bertz CT molecular complexity index is 419. The topological polar surface area (TPSA) is 64.4 Å². The summed E-state index contributed by atoms with van der Waals surface area (Å²) < 4.78 is 5.80. The maximum atomic E-state index is 11.5. The first-order valence-electron chi connectivity index (χ1n) is 6.08. The van der Waals surface area contributed by atoms with Gasteiger partial charge in [-0.1, -0.05) is 23.7 Å². The van der Waals surface area contributed by atoms with Gasteiger partial charge in [-0.05, 0) is 37.1 Å². The fourth-order valence-corrected chi connectivity index (χ4v) is 2.31. The SMILES string of the molecule is NC(=O)[C@H](O[C@H]1CCCNC1)c1cccc(Cl)c1. The van der Waals surface area contributed by atoms with Crippen molar-refractivity contribution in [3.05, 3.63) is 34.9 Å². The van der Waals surface area contributed by atoms with Crippen LogP contribution in [0.5, 0.6) is 0 Å². The number of primary amides is 1. The first kappa shape index (κ1) is 13.3. The molecule has 0 unspecified atom stereocenters. The molecule has 2 rings (SSSR count). The van der Waals surface area contributed by atoms with Gasteiger partial charge in [-0.2, -0.15) is 0 Å². The summed E-state index contributed by atoms with van der Waals surface area (Å²) in [5, 5.41) is 3.81. The van der Waals surface area contributed by atoms with Crippen LogP contribution in [0.4, 0.5) is 0 Å². The van der Waals surface area contributed by atoms with E-state index in [4.69, 9.17) is 22.1 Å². The van der Waals surface area contributed by atoms with Crippen molar-refractivity contribution in [1.29, 1.82) is 0 Å². The summed E-state index contributed by atoms with van der Waals surface area (Å²) in [5.74, 6) is -0.483. The van der Waals surface area contributed by atoms with E-state index < -0.39 is 12.0 Å². The molecule has 1 aromatic carbocycles. The maximum absolute atomic E-state index is 11.5. The van der Waals surface area contributed by atoms with Gasteiger partial charge < -0.3 is 15.8 Å². The minimum atomic E-state index is -0.728. The first-order valence-corrected chi connectivity index (χ1v) is 6.45. The van der Waals surface area contributed by atoms with Crippen molar-refractivity contribution in [2.24, 2.45) is 5.73 Å². The van der Waals surface area contributed by atoms with E-state index in [0.717, 1.165) is 25.9 Å². The standard InChI is InChI=1S/C13H17ClN2O2/c14-10-4-1-3-9(7-10)12(13(15)17)18-11-5-2-6-16-8-11/h1,3-4,7,11-12,16H,2,5-6,8H2,(H2,15,17)/t11-,12+/m0/s1. The van der Waals surface area contributed by atoms with Gasteiger partial charge in [0.15, 0.2) is 6.10 Å². The summed E-state index contributed by atoms with van der Waals surface area (Å²) in [7, 11) is 0. The molecule has 1 aromatic rings. The van der Waals surface area contributed by atoms with Gasteiger partial charge >= 0.3 is 0 Å². The van der Waals surface area contributed by atoms with Crippen molar-refractivity contribution in [3.63, 3.8) is 0 Å². The first-order chi connectivity index (χ1) is 8.66. The number of amides is 1. The lowest BCUT2D eigenvalue weighted by atomic mass is 10.1. The van der Waals surface area contributed by atoms with Crippen molar-refractivity contribution in [1.82, 2.24) is 5.32 Å². The van der Waals surface area contributed by atoms with E-state index in [-0.39, 0.29) is 6.10 Å². The van der Waals surface area contributed by atoms with Crippen LogP contribution in [-0.2, 0) is 9.53 Å². The average Bonchev–Trinajstić information content (AvgIpc) is 2.37. The third-order valence-corrected chi connectivity index (χ3v) is 3.23. The van der Waals surface area contributed by atoms with E-state index in [1.807, 2.05) is 0 Å². The molecule has 1 aliphatic rings. The van der Waals surface area contributed by atoms with Crippen LogP contribution in [0, 0.1) is 0 Å². The smallest absolute Gasteiger partial charge is 0.251 e. The number of ether oxygens (including phenoxy) is 1. The highest BCUT2D eigenvalue weighted by atomic mass is 35.5. The van der Waals surface area contributed by atoms with Crippen LogP contribution in [-0.4, -0.2) is 25.1 Å². The van der Waals surface area contributed by atoms with Crippen molar-refractivity contribution in [2.45, 2.75) is 25.0 Å². The van der Waals surface area contributed by atoms with Gasteiger partial charge in [0, 0.05) is 11.6 Å². The second-order valence-electron chi connectivity index (χ2n) is 4.44. The van der Waals surface area contributed by atoms with Gasteiger partial charge in [-0.25, -0.2) is 0 Å². The molecule has 98 valence electrons. The number of hydrogen-bond acceptors (Lipinski definition) is 3. The molecule has 3 N–H and O–H groups in total. The lowest BCUT2D eigenvalue weighted by Gasteiger charge is -2.27. The van der Waals surface area contributed by atoms with Gasteiger partial charge in [-0.3, -0.25) is 4.79 Å². The molecule has 0 aromatic heterocycles. The summed E-state index contributed by atoms with van der Waals surface area (Å²) in [5.41, 5.74) is 6.12. The maximum Gasteiger partial charge on any atom is 0.251 e. The highest BCUT2D eigenvalue weighted by Gasteiger charge is 2.24. The lowest BCUT2D eigenvalue weighted by Crippen LogP contribution is -2.38. The highest BCUT2D eigenvalue weighted by Crippen LogP contribution is 2.23. The van der Waals surface area contributed by atoms with Crippen molar-refractivity contribution >= 4 is 17.5 Å². The number of piperidine rings is 1. The fraction of sp³-hybridized carbons (Fsp3) is 0.462. The van der Waals surface area contributed by atoms with Crippen LogP contribution in [0.15, 0.2) is 24.3 Å². The molecule has 1 saturated heterocycles. The Morgan fingerprint density at radius 2 is 2.39 bits per heavy atom. The van der Waals surface area contributed by atoms with Crippen LogP contribution in [0.25, 0.3) is 0 Å². The Morgan fingerprint density at radius 3 is 3.00 bits per heavy atom. The summed E-state index contributed by atoms with van der Waals surface area (Å²) in [4.78, 5) is 11.5. The third-order valence-electron chi connectivity index (χ3n) is 2.99. The number of hydrogen-bond donors (Lipinski definition) is 2. The minimum absolute atomic E-state index is 0.0234. The molecule has 4 nitrogen and oxygen atoms in total. The van der Waals surface area contributed by atoms with Crippen LogP contribution in [0.3, 0.4) is 0 Å². The number of benzene rings is 1. The van der Waals surface area contributed by atoms with Gasteiger partial charge in [-0.15, -0.1) is 0 Å². The zero-order chi connectivity index (χ0) is 13.0. The molecule has 0 spiro atoms.